The molecule has 1 unspecified atom stereocenters. The summed E-state index contributed by atoms with van der Waals surface area (Å²) in [6, 6.07) is 3.43. The van der Waals surface area contributed by atoms with Crippen LogP contribution in [0.5, 0.6) is 0 Å². The SMILES string of the molecule is CC(NS(=O)(=O)c1ccc(CCN)s1)C1CCOCC1. The van der Waals surface area contributed by atoms with Crippen molar-refractivity contribution in [1.82, 2.24) is 4.72 Å². The molecule has 7 heteroatoms. The lowest BCUT2D eigenvalue weighted by Crippen LogP contribution is -2.39. The van der Waals surface area contributed by atoms with Gasteiger partial charge in [0.2, 0.25) is 10.0 Å². The molecule has 0 spiro atoms. The highest BCUT2D eigenvalue weighted by Gasteiger charge is 2.26. The van der Waals surface area contributed by atoms with Crippen LogP contribution in [0, 0.1) is 5.92 Å². The number of hydrogen-bond donors (Lipinski definition) is 2. The molecule has 5 nitrogen and oxygen atoms in total. The lowest BCUT2D eigenvalue weighted by atomic mass is 9.94. The molecule has 20 heavy (non-hydrogen) atoms. The molecule has 1 aliphatic rings. The van der Waals surface area contributed by atoms with Crippen LogP contribution in [-0.4, -0.2) is 34.2 Å². The van der Waals surface area contributed by atoms with Crippen molar-refractivity contribution in [1.29, 1.82) is 0 Å². The van der Waals surface area contributed by atoms with Crippen LogP contribution in [0.2, 0.25) is 0 Å². The van der Waals surface area contributed by atoms with Crippen molar-refractivity contribution < 1.29 is 13.2 Å². The van der Waals surface area contributed by atoms with Crippen LogP contribution < -0.4 is 10.5 Å². The Morgan fingerprint density at radius 2 is 2.15 bits per heavy atom. The standard InChI is InChI=1S/C13H22N2O3S2/c1-10(11-5-8-18-9-6-11)15-20(16,17)13-3-2-12(19-13)4-7-14/h2-3,10-11,15H,4-9,14H2,1H3. The topological polar surface area (TPSA) is 81.4 Å². The highest BCUT2D eigenvalue weighted by molar-refractivity contribution is 7.91. The fourth-order valence-electron chi connectivity index (χ4n) is 2.39. The van der Waals surface area contributed by atoms with E-state index in [1.165, 1.54) is 11.3 Å². The van der Waals surface area contributed by atoms with Crippen molar-refractivity contribution in [2.45, 2.75) is 36.4 Å². The first-order valence-electron chi connectivity index (χ1n) is 6.92. The number of rotatable bonds is 6. The van der Waals surface area contributed by atoms with Crippen molar-refractivity contribution in [3.8, 4) is 0 Å². The Balaban J connectivity index is 2.01. The summed E-state index contributed by atoms with van der Waals surface area (Å²) < 4.78 is 33.2. The van der Waals surface area contributed by atoms with Gasteiger partial charge in [-0.3, -0.25) is 0 Å². The normalized spacial score (nSPS) is 19.1. The van der Waals surface area contributed by atoms with Gasteiger partial charge in [0.15, 0.2) is 0 Å². The third kappa shape index (κ3) is 4.02. The van der Waals surface area contributed by atoms with E-state index >= 15 is 0 Å². The van der Waals surface area contributed by atoms with Crippen molar-refractivity contribution >= 4 is 21.4 Å². The average Bonchev–Trinajstić information content (AvgIpc) is 2.89. The quantitative estimate of drug-likeness (QED) is 0.829. The summed E-state index contributed by atoms with van der Waals surface area (Å²) in [6.07, 6.45) is 2.54. The predicted octanol–water partition coefficient (Wildman–Crippen LogP) is 1.34. The molecule has 1 saturated heterocycles. The number of ether oxygens (including phenoxy) is 1. The molecule has 0 aromatic carbocycles. The number of thiophene rings is 1. The zero-order chi connectivity index (χ0) is 14.6. The van der Waals surface area contributed by atoms with E-state index in [1.807, 2.05) is 13.0 Å². The first-order valence-corrected chi connectivity index (χ1v) is 9.22. The Hall–Kier alpha value is -0.470. The van der Waals surface area contributed by atoms with Crippen LogP contribution in [0.1, 0.15) is 24.6 Å². The summed E-state index contributed by atoms with van der Waals surface area (Å²) in [7, 11) is -3.42. The van der Waals surface area contributed by atoms with Gasteiger partial charge in [-0.05, 0) is 50.8 Å². The predicted molar refractivity (Wildman–Crippen MR) is 80.4 cm³/mol. The molecule has 3 N–H and O–H groups in total. The molecule has 2 heterocycles. The van der Waals surface area contributed by atoms with Gasteiger partial charge < -0.3 is 10.5 Å². The molecule has 0 amide bonds. The molecular weight excluding hydrogens is 296 g/mol. The molecule has 1 fully saturated rings. The molecule has 114 valence electrons. The number of sulfonamides is 1. The molecule has 0 aliphatic carbocycles. The second-order valence-electron chi connectivity index (χ2n) is 5.12. The van der Waals surface area contributed by atoms with Gasteiger partial charge in [0, 0.05) is 24.1 Å². The lowest BCUT2D eigenvalue weighted by molar-refractivity contribution is 0.0586. The maximum Gasteiger partial charge on any atom is 0.250 e. The highest BCUT2D eigenvalue weighted by atomic mass is 32.2. The van der Waals surface area contributed by atoms with E-state index in [0.29, 0.717) is 16.7 Å². The van der Waals surface area contributed by atoms with Crippen molar-refractivity contribution in [3.05, 3.63) is 17.0 Å². The Bertz CT molecular complexity index is 521. The maximum absolute atomic E-state index is 12.3. The molecule has 2 rings (SSSR count). The highest BCUT2D eigenvalue weighted by Crippen LogP contribution is 2.24. The molecule has 0 saturated carbocycles. The summed E-state index contributed by atoms with van der Waals surface area (Å²) in [6.45, 7) is 3.90. The van der Waals surface area contributed by atoms with Crippen LogP contribution in [0.25, 0.3) is 0 Å². The van der Waals surface area contributed by atoms with Gasteiger partial charge in [0.25, 0.3) is 0 Å². The van der Waals surface area contributed by atoms with Gasteiger partial charge in [-0.2, -0.15) is 0 Å². The Kier molecular flexibility index (Phi) is 5.57. The van der Waals surface area contributed by atoms with Crippen LogP contribution in [0.4, 0.5) is 0 Å². The molecule has 1 aliphatic heterocycles. The van der Waals surface area contributed by atoms with Crippen LogP contribution in [0.3, 0.4) is 0 Å². The molecule has 0 radical (unpaired) electrons. The van der Waals surface area contributed by atoms with Crippen molar-refractivity contribution in [2.75, 3.05) is 19.8 Å². The summed E-state index contributed by atoms with van der Waals surface area (Å²) in [4.78, 5) is 1.01. The minimum Gasteiger partial charge on any atom is -0.381 e. The van der Waals surface area contributed by atoms with Gasteiger partial charge in [0.1, 0.15) is 4.21 Å². The zero-order valence-corrected chi connectivity index (χ0v) is 13.3. The second kappa shape index (κ2) is 7.00. The van der Waals surface area contributed by atoms with Crippen molar-refractivity contribution in [2.24, 2.45) is 11.7 Å². The van der Waals surface area contributed by atoms with Gasteiger partial charge in [-0.25, -0.2) is 13.1 Å². The Morgan fingerprint density at radius 3 is 2.80 bits per heavy atom. The minimum absolute atomic E-state index is 0.0658. The molecule has 1 aromatic rings. The summed E-state index contributed by atoms with van der Waals surface area (Å²) in [5, 5.41) is 0. The van der Waals surface area contributed by atoms with E-state index in [4.69, 9.17) is 10.5 Å². The monoisotopic (exact) mass is 318 g/mol. The Morgan fingerprint density at radius 1 is 1.45 bits per heavy atom. The second-order valence-corrected chi connectivity index (χ2v) is 8.23. The molecular formula is C13H22N2O3S2. The average molecular weight is 318 g/mol. The first-order chi connectivity index (χ1) is 9.53. The fourth-order valence-corrected chi connectivity index (χ4v) is 5.09. The summed E-state index contributed by atoms with van der Waals surface area (Å²) in [5.41, 5.74) is 5.49. The molecule has 0 bridgehead atoms. The van der Waals surface area contributed by atoms with Gasteiger partial charge in [-0.15, -0.1) is 11.3 Å². The van der Waals surface area contributed by atoms with Crippen molar-refractivity contribution in [3.63, 3.8) is 0 Å². The van der Waals surface area contributed by atoms with Gasteiger partial charge in [0.05, 0.1) is 0 Å². The van der Waals surface area contributed by atoms with Gasteiger partial charge in [-0.1, -0.05) is 0 Å². The van der Waals surface area contributed by atoms with Crippen LogP contribution in [0.15, 0.2) is 16.3 Å². The summed E-state index contributed by atoms with van der Waals surface area (Å²) in [5.74, 6) is 0.349. The van der Waals surface area contributed by atoms with Crippen LogP contribution >= 0.6 is 11.3 Å². The molecule has 1 atom stereocenters. The fraction of sp³-hybridized carbons (Fsp3) is 0.692. The number of hydrogen-bond acceptors (Lipinski definition) is 5. The van der Waals surface area contributed by atoms with E-state index in [9.17, 15) is 8.42 Å². The zero-order valence-electron chi connectivity index (χ0n) is 11.7. The van der Waals surface area contributed by atoms with E-state index in [0.717, 1.165) is 37.4 Å². The lowest BCUT2D eigenvalue weighted by Gasteiger charge is -2.27. The largest absolute Gasteiger partial charge is 0.381 e. The number of nitrogens with two attached hydrogens (primary N) is 1. The van der Waals surface area contributed by atoms with Gasteiger partial charge >= 0.3 is 0 Å². The van der Waals surface area contributed by atoms with E-state index in [2.05, 4.69) is 4.72 Å². The van der Waals surface area contributed by atoms with E-state index in [-0.39, 0.29) is 6.04 Å². The minimum atomic E-state index is -3.42. The van der Waals surface area contributed by atoms with Crippen LogP contribution in [-0.2, 0) is 21.2 Å². The van der Waals surface area contributed by atoms with E-state index in [1.54, 1.807) is 6.07 Å². The summed E-state index contributed by atoms with van der Waals surface area (Å²) >= 11 is 1.30. The smallest absolute Gasteiger partial charge is 0.250 e. The first kappa shape index (κ1) is 15.9. The maximum atomic E-state index is 12.3. The third-order valence-electron chi connectivity index (χ3n) is 3.61. The third-order valence-corrected chi connectivity index (χ3v) is 6.80. The molecule has 1 aromatic heterocycles. The number of nitrogens with one attached hydrogen (secondary N) is 1. The Labute approximate surface area is 124 Å². The van der Waals surface area contributed by atoms with E-state index < -0.39 is 10.0 Å².